The van der Waals surface area contributed by atoms with Crippen LogP contribution in [0.25, 0.3) is 0 Å². The highest BCUT2D eigenvalue weighted by molar-refractivity contribution is 5.97. The number of carbonyl (C=O) groups is 2. The molecule has 6 heteroatoms. The Balaban J connectivity index is 2.11. The van der Waals surface area contributed by atoms with E-state index in [-0.39, 0.29) is 17.7 Å². The molecule has 1 atom stereocenters. The van der Waals surface area contributed by atoms with Gasteiger partial charge in [0.05, 0.1) is 18.8 Å². The average Bonchev–Trinajstić information content (AvgIpc) is 2.55. The second kappa shape index (κ2) is 7.97. The number of ether oxygens (including phenoxy) is 1. The van der Waals surface area contributed by atoms with E-state index in [0.717, 1.165) is 25.7 Å². The van der Waals surface area contributed by atoms with Crippen LogP contribution in [0.2, 0.25) is 0 Å². The van der Waals surface area contributed by atoms with Gasteiger partial charge in [0.2, 0.25) is 11.8 Å². The first-order valence-electron chi connectivity index (χ1n) is 8.06. The number of anilines is 2. The number of amides is 2. The molecule has 0 spiro atoms. The van der Waals surface area contributed by atoms with E-state index in [9.17, 15) is 9.59 Å². The summed E-state index contributed by atoms with van der Waals surface area (Å²) in [5, 5.41) is 5.64. The molecule has 4 N–H and O–H groups in total. The van der Waals surface area contributed by atoms with Crippen LogP contribution < -0.4 is 21.1 Å². The summed E-state index contributed by atoms with van der Waals surface area (Å²) in [4.78, 5) is 24.1. The number of nitrogens with one attached hydrogen (secondary N) is 2. The van der Waals surface area contributed by atoms with Crippen molar-refractivity contribution in [3.8, 4) is 5.75 Å². The number of carbonyl (C=O) groups excluding carboxylic acids is 2. The molecule has 23 heavy (non-hydrogen) atoms. The lowest BCUT2D eigenvalue weighted by Crippen LogP contribution is -2.32. The Morgan fingerprint density at radius 2 is 1.91 bits per heavy atom. The van der Waals surface area contributed by atoms with Crippen LogP contribution in [0, 0.1) is 5.92 Å². The first kappa shape index (κ1) is 17.3. The number of rotatable bonds is 5. The van der Waals surface area contributed by atoms with Crippen LogP contribution in [-0.2, 0) is 9.59 Å². The average molecular weight is 319 g/mol. The maximum absolute atomic E-state index is 12.4. The Bertz CT molecular complexity index is 566. The summed E-state index contributed by atoms with van der Waals surface area (Å²) >= 11 is 0. The number of hydrogen-bond acceptors (Lipinski definition) is 4. The smallest absolute Gasteiger partial charge is 0.240 e. The van der Waals surface area contributed by atoms with Gasteiger partial charge in [-0.25, -0.2) is 0 Å². The van der Waals surface area contributed by atoms with Gasteiger partial charge in [-0.3, -0.25) is 9.59 Å². The molecule has 1 aromatic rings. The molecule has 0 aromatic heterocycles. The third kappa shape index (κ3) is 4.69. The minimum atomic E-state index is -0.600. The molecule has 0 saturated heterocycles. The Morgan fingerprint density at radius 1 is 1.22 bits per heavy atom. The van der Waals surface area contributed by atoms with Crippen molar-refractivity contribution in [1.29, 1.82) is 0 Å². The molecular weight excluding hydrogens is 294 g/mol. The fourth-order valence-corrected chi connectivity index (χ4v) is 2.74. The molecule has 1 aliphatic rings. The van der Waals surface area contributed by atoms with Gasteiger partial charge in [0.1, 0.15) is 5.75 Å². The first-order valence-corrected chi connectivity index (χ1v) is 8.06. The van der Waals surface area contributed by atoms with Gasteiger partial charge in [-0.05, 0) is 38.0 Å². The lowest BCUT2D eigenvalue weighted by molar-refractivity contribution is -0.120. The Hall–Kier alpha value is -2.08. The molecule has 2 amide bonds. The molecule has 0 bridgehead atoms. The molecule has 0 heterocycles. The maximum atomic E-state index is 12.4. The summed E-state index contributed by atoms with van der Waals surface area (Å²) in [6.07, 6.45) is 5.25. The van der Waals surface area contributed by atoms with Crippen molar-refractivity contribution in [1.82, 2.24) is 0 Å². The largest absolute Gasteiger partial charge is 0.495 e. The second-order valence-corrected chi connectivity index (χ2v) is 6.02. The minimum absolute atomic E-state index is 0.0127. The van der Waals surface area contributed by atoms with Gasteiger partial charge in [0.15, 0.2) is 0 Å². The molecule has 1 aromatic carbocycles. The summed E-state index contributed by atoms with van der Waals surface area (Å²) in [6, 6.07) is 4.53. The quantitative estimate of drug-likeness (QED) is 0.777. The van der Waals surface area contributed by atoms with Gasteiger partial charge in [0.25, 0.3) is 0 Å². The van der Waals surface area contributed by atoms with Gasteiger partial charge in [-0.2, -0.15) is 0 Å². The first-order chi connectivity index (χ1) is 11.0. The normalized spacial score (nSPS) is 16.5. The van der Waals surface area contributed by atoms with Crippen LogP contribution in [0.1, 0.15) is 39.0 Å². The van der Waals surface area contributed by atoms with Crippen molar-refractivity contribution < 1.29 is 14.3 Å². The van der Waals surface area contributed by atoms with Crippen molar-refractivity contribution in [2.45, 2.75) is 45.1 Å². The lowest BCUT2D eigenvalue weighted by Gasteiger charge is -2.21. The van der Waals surface area contributed by atoms with Crippen LogP contribution in [0.15, 0.2) is 18.2 Å². The van der Waals surface area contributed by atoms with Gasteiger partial charge < -0.3 is 21.1 Å². The van der Waals surface area contributed by atoms with Gasteiger partial charge >= 0.3 is 0 Å². The molecule has 2 rings (SSSR count). The molecule has 1 fully saturated rings. The minimum Gasteiger partial charge on any atom is -0.495 e. The molecule has 126 valence electrons. The number of hydrogen-bond donors (Lipinski definition) is 3. The van der Waals surface area contributed by atoms with Crippen LogP contribution in [0.3, 0.4) is 0 Å². The van der Waals surface area contributed by atoms with Crippen LogP contribution in [0.5, 0.6) is 5.75 Å². The Labute approximate surface area is 136 Å². The van der Waals surface area contributed by atoms with E-state index in [1.165, 1.54) is 6.42 Å². The summed E-state index contributed by atoms with van der Waals surface area (Å²) in [6.45, 7) is 1.62. The third-order valence-electron chi connectivity index (χ3n) is 4.11. The van der Waals surface area contributed by atoms with Crippen molar-refractivity contribution in [3.05, 3.63) is 18.2 Å². The van der Waals surface area contributed by atoms with E-state index >= 15 is 0 Å². The van der Waals surface area contributed by atoms with E-state index in [4.69, 9.17) is 10.5 Å². The number of benzene rings is 1. The predicted molar refractivity (Wildman–Crippen MR) is 90.5 cm³/mol. The van der Waals surface area contributed by atoms with E-state index in [1.807, 2.05) is 0 Å². The molecule has 1 aliphatic carbocycles. The number of methoxy groups -OCH3 is 1. The summed E-state index contributed by atoms with van der Waals surface area (Å²) in [5.41, 5.74) is 6.69. The van der Waals surface area contributed by atoms with Crippen LogP contribution in [0.4, 0.5) is 11.4 Å². The Morgan fingerprint density at radius 3 is 2.52 bits per heavy atom. The monoisotopic (exact) mass is 319 g/mol. The number of nitrogens with two attached hydrogens (primary N) is 1. The van der Waals surface area contributed by atoms with Gasteiger partial charge in [0, 0.05) is 11.6 Å². The van der Waals surface area contributed by atoms with Crippen LogP contribution in [-0.4, -0.2) is 25.0 Å². The summed E-state index contributed by atoms with van der Waals surface area (Å²) < 4.78 is 5.29. The molecule has 0 radical (unpaired) electrons. The predicted octanol–water partition coefficient (Wildman–Crippen LogP) is 2.50. The van der Waals surface area contributed by atoms with Crippen molar-refractivity contribution in [3.63, 3.8) is 0 Å². The summed E-state index contributed by atoms with van der Waals surface area (Å²) in [7, 11) is 1.55. The topological polar surface area (TPSA) is 93.4 Å². The zero-order chi connectivity index (χ0) is 16.8. The maximum Gasteiger partial charge on any atom is 0.240 e. The molecule has 0 unspecified atom stereocenters. The summed E-state index contributed by atoms with van der Waals surface area (Å²) in [5.74, 6) is 0.349. The zero-order valence-electron chi connectivity index (χ0n) is 13.7. The highest BCUT2D eigenvalue weighted by atomic mass is 16.5. The third-order valence-corrected chi connectivity index (χ3v) is 4.11. The van der Waals surface area contributed by atoms with E-state index in [1.54, 1.807) is 32.2 Å². The highest BCUT2D eigenvalue weighted by Gasteiger charge is 2.22. The van der Waals surface area contributed by atoms with Crippen molar-refractivity contribution >= 4 is 23.2 Å². The fourth-order valence-electron chi connectivity index (χ4n) is 2.74. The zero-order valence-corrected chi connectivity index (χ0v) is 13.7. The van der Waals surface area contributed by atoms with Crippen molar-refractivity contribution in [2.75, 3.05) is 17.7 Å². The molecule has 1 saturated carbocycles. The molecular formula is C17H25N3O3. The lowest BCUT2D eigenvalue weighted by atomic mass is 9.88. The van der Waals surface area contributed by atoms with E-state index in [0.29, 0.717) is 17.1 Å². The van der Waals surface area contributed by atoms with Crippen molar-refractivity contribution in [2.24, 2.45) is 11.7 Å². The Kier molecular flexibility index (Phi) is 5.98. The highest BCUT2D eigenvalue weighted by Crippen LogP contribution is 2.30. The fraction of sp³-hybridized carbons (Fsp3) is 0.529. The van der Waals surface area contributed by atoms with Crippen LogP contribution >= 0.6 is 0 Å². The van der Waals surface area contributed by atoms with E-state index < -0.39 is 6.04 Å². The van der Waals surface area contributed by atoms with E-state index in [2.05, 4.69) is 10.6 Å². The molecule has 0 aliphatic heterocycles. The standard InChI is InChI=1S/C17H25N3O3/c1-11(18)16(21)19-13-8-9-15(23-2)14(10-13)20-17(22)12-6-4-3-5-7-12/h8-12H,3-7,18H2,1-2H3,(H,19,21)(H,20,22)/t11-/m1/s1. The SMILES string of the molecule is COc1ccc(NC(=O)[C@@H](C)N)cc1NC(=O)C1CCCCC1. The molecule has 6 nitrogen and oxygen atoms in total. The van der Waals surface area contributed by atoms with Gasteiger partial charge in [-0.15, -0.1) is 0 Å². The second-order valence-electron chi connectivity index (χ2n) is 6.02. The van der Waals surface area contributed by atoms with Gasteiger partial charge in [-0.1, -0.05) is 19.3 Å².